The summed E-state index contributed by atoms with van der Waals surface area (Å²) >= 11 is 0. The van der Waals surface area contributed by atoms with E-state index in [1.165, 1.54) is 25.3 Å². The fourth-order valence-corrected chi connectivity index (χ4v) is 1.72. The summed E-state index contributed by atoms with van der Waals surface area (Å²) in [4.78, 5) is 25.1. The summed E-state index contributed by atoms with van der Waals surface area (Å²) in [5, 5.41) is 19.4. The van der Waals surface area contributed by atoms with Gasteiger partial charge in [0.1, 0.15) is 23.6 Å². The Morgan fingerprint density at radius 1 is 1.24 bits per heavy atom. The molecule has 1 rings (SSSR count). The molecule has 7 heteroatoms. The van der Waals surface area contributed by atoms with E-state index in [4.69, 9.17) is 9.47 Å². The second-order valence-corrected chi connectivity index (χ2v) is 4.20. The summed E-state index contributed by atoms with van der Waals surface area (Å²) < 4.78 is 9.69. The van der Waals surface area contributed by atoms with Gasteiger partial charge in [0.2, 0.25) is 0 Å². The SMILES string of the molecule is CCOC(=O)CN(CCOC)C(=O)c1c(O)cccc1O. The molecule has 1 aromatic carbocycles. The van der Waals surface area contributed by atoms with E-state index < -0.39 is 11.9 Å². The van der Waals surface area contributed by atoms with Gasteiger partial charge in [-0.25, -0.2) is 0 Å². The first-order chi connectivity index (χ1) is 10.0. The minimum Gasteiger partial charge on any atom is -0.507 e. The van der Waals surface area contributed by atoms with Crippen molar-refractivity contribution in [2.75, 3.05) is 33.4 Å². The van der Waals surface area contributed by atoms with Crippen LogP contribution in [0.25, 0.3) is 0 Å². The third-order valence-corrected chi connectivity index (χ3v) is 2.71. The minimum absolute atomic E-state index is 0.127. The largest absolute Gasteiger partial charge is 0.507 e. The summed E-state index contributed by atoms with van der Waals surface area (Å²) in [6.45, 7) is 1.91. The number of phenols is 2. The molecule has 1 aromatic rings. The third kappa shape index (κ3) is 4.64. The number of hydrogen-bond donors (Lipinski definition) is 2. The van der Waals surface area contributed by atoms with E-state index in [1.54, 1.807) is 6.92 Å². The first-order valence-electron chi connectivity index (χ1n) is 6.46. The van der Waals surface area contributed by atoms with E-state index in [-0.39, 0.29) is 43.4 Å². The van der Waals surface area contributed by atoms with Crippen LogP contribution in [0.15, 0.2) is 18.2 Å². The zero-order valence-corrected chi connectivity index (χ0v) is 12.0. The number of ether oxygens (including phenoxy) is 2. The molecule has 1 amide bonds. The normalized spacial score (nSPS) is 10.2. The van der Waals surface area contributed by atoms with Gasteiger partial charge in [-0.05, 0) is 19.1 Å². The molecule has 7 nitrogen and oxygen atoms in total. The summed E-state index contributed by atoms with van der Waals surface area (Å²) in [6.07, 6.45) is 0. The Bertz CT molecular complexity index is 482. The number of phenolic OH excluding ortho intramolecular Hbond substituents is 2. The zero-order valence-electron chi connectivity index (χ0n) is 12.0. The van der Waals surface area contributed by atoms with Crippen LogP contribution in [0.3, 0.4) is 0 Å². The van der Waals surface area contributed by atoms with Gasteiger partial charge in [-0.3, -0.25) is 9.59 Å². The van der Waals surface area contributed by atoms with Crippen LogP contribution in [0.2, 0.25) is 0 Å². The molecule has 0 radical (unpaired) electrons. The molecule has 2 N–H and O–H groups in total. The molecule has 0 aliphatic rings. The fourth-order valence-electron chi connectivity index (χ4n) is 1.72. The van der Waals surface area contributed by atoms with Gasteiger partial charge in [-0.1, -0.05) is 6.07 Å². The molecule has 116 valence electrons. The third-order valence-electron chi connectivity index (χ3n) is 2.71. The smallest absolute Gasteiger partial charge is 0.325 e. The number of rotatable bonds is 7. The van der Waals surface area contributed by atoms with Crippen molar-refractivity contribution in [1.29, 1.82) is 0 Å². The number of benzene rings is 1. The molecule has 0 fully saturated rings. The molecule has 0 heterocycles. The molecule has 21 heavy (non-hydrogen) atoms. The maximum absolute atomic E-state index is 12.4. The van der Waals surface area contributed by atoms with E-state index >= 15 is 0 Å². The Morgan fingerprint density at radius 3 is 2.38 bits per heavy atom. The van der Waals surface area contributed by atoms with Gasteiger partial charge in [-0.2, -0.15) is 0 Å². The number of methoxy groups -OCH3 is 1. The van der Waals surface area contributed by atoms with Gasteiger partial charge in [-0.15, -0.1) is 0 Å². The van der Waals surface area contributed by atoms with Crippen molar-refractivity contribution < 1.29 is 29.3 Å². The van der Waals surface area contributed by atoms with E-state index in [2.05, 4.69) is 0 Å². The van der Waals surface area contributed by atoms with Crippen LogP contribution in [0.1, 0.15) is 17.3 Å². The fraction of sp³-hybridized carbons (Fsp3) is 0.429. The highest BCUT2D eigenvalue weighted by Crippen LogP contribution is 2.27. The number of amides is 1. The van der Waals surface area contributed by atoms with Crippen LogP contribution in [0, 0.1) is 0 Å². The molecular formula is C14H19NO6. The molecule has 0 saturated heterocycles. The molecular weight excluding hydrogens is 278 g/mol. The predicted octanol–water partition coefficient (Wildman–Crippen LogP) is 0.749. The average Bonchev–Trinajstić information content (AvgIpc) is 2.43. The highest BCUT2D eigenvalue weighted by molar-refractivity contribution is 6.00. The first kappa shape index (κ1) is 16.8. The Kier molecular flexibility index (Phi) is 6.48. The van der Waals surface area contributed by atoms with Crippen LogP contribution in [-0.4, -0.2) is 60.4 Å². The van der Waals surface area contributed by atoms with Gasteiger partial charge < -0.3 is 24.6 Å². The lowest BCUT2D eigenvalue weighted by atomic mass is 10.1. The van der Waals surface area contributed by atoms with Crippen LogP contribution < -0.4 is 0 Å². The van der Waals surface area contributed by atoms with E-state index in [0.29, 0.717) is 0 Å². The summed E-state index contributed by atoms with van der Waals surface area (Å²) in [5.41, 5.74) is -0.252. The lowest BCUT2D eigenvalue weighted by Crippen LogP contribution is -2.38. The van der Waals surface area contributed by atoms with Crippen LogP contribution in [-0.2, 0) is 14.3 Å². The Hall–Kier alpha value is -2.28. The van der Waals surface area contributed by atoms with Crippen molar-refractivity contribution in [2.24, 2.45) is 0 Å². The number of hydrogen-bond acceptors (Lipinski definition) is 6. The minimum atomic E-state index is -0.671. The highest BCUT2D eigenvalue weighted by Gasteiger charge is 2.24. The molecule has 0 saturated carbocycles. The monoisotopic (exact) mass is 297 g/mol. The molecule has 0 aliphatic carbocycles. The van der Waals surface area contributed by atoms with Crippen LogP contribution in [0.4, 0.5) is 0 Å². The summed E-state index contributed by atoms with van der Waals surface area (Å²) in [7, 11) is 1.46. The van der Waals surface area contributed by atoms with E-state index in [0.717, 1.165) is 4.90 Å². The van der Waals surface area contributed by atoms with Crippen molar-refractivity contribution in [1.82, 2.24) is 4.90 Å². The number of nitrogens with zero attached hydrogens (tertiary/aromatic N) is 1. The zero-order chi connectivity index (χ0) is 15.8. The highest BCUT2D eigenvalue weighted by atomic mass is 16.5. The Labute approximate surface area is 122 Å². The first-order valence-corrected chi connectivity index (χ1v) is 6.46. The lowest BCUT2D eigenvalue weighted by Gasteiger charge is -2.22. The van der Waals surface area contributed by atoms with Crippen LogP contribution in [0.5, 0.6) is 11.5 Å². The van der Waals surface area contributed by atoms with Gasteiger partial charge in [0, 0.05) is 13.7 Å². The van der Waals surface area contributed by atoms with Crippen LogP contribution >= 0.6 is 0 Å². The number of carbonyl (C=O) groups excluding carboxylic acids is 2. The standard InChI is InChI=1S/C14H19NO6/c1-3-21-12(18)9-15(7-8-20-2)14(19)13-10(16)5-4-6-11(13)17/h4-6,16-17H,3,7-9H2,1-2H3. The molecule has 0 aromatic heterocycles. The maximum Gasteiger partial charge on any atom is 0.325 e. The second kappa shape index (κ2) is 8.11. The molecule has 0 spiro atoms. The van der Waals surface area contributed by atoms with Gasteiger partial charge in [0.25, 0.3) is 5.91 Å². The Morgan fingerprint density at radius 2 is 1.86 bits per heavy atom. The lowest BCUT2D eigenvalue weighted by molar-refractivity contribution is -0.143. The van der Waals surface area contributed by atoms with Crippen molar-refractivity contribution in [3.8, 4) is 11.5 Å². The number of esters is 1. The van der Waals surface area contributed by atoms with Crippen molar-refractivity contribution in [2.45, 2.75) is 6.92 Å². The van der Waals surface area contributed by atoms with Crippen molar-refractivity contribution >= 4 is 11.9 Å². The quantitative estimate of drug-likeness (QED) is 0.721. The predicted molar refractivity (Wildman–Crippen MR) is 74.2 cm³/mol. The number of carbonyl (C=O) groups is 2. The maximum atomic E-state index is 12.4. The average molecular weight is 297 g/mol. The molecule has 0 unspecified atom stereocenters. The van der Waals surface area contributed by atoms with Gasteiger partial charge >= 0.3 is 5.97 Å². The topological polar surface area (TPSA) is 96.3 Å². The second-order valence-electron chi connectivity index (χ2n) is 4.20. The Balaban J connectivity index is 2.96. The van der Waals surface area contributed by atoms with Crippen molar-refractivity contribution in [3.63, 3.8) is 0 Å². The van der Waals surface area contributed by atoms with E-state index in [1.807, 2.05) is 0 Å². The molecule has 0 aliphatic heterocycles. The van der Waals surface area contributed by atoms with E-state index in [9.17, 15) is 19.8 Å². The van der Waals surface area contributed by atoms with Gasteiger partial charge in [0.15, 0.2) is 0 Å². The summed E-state index contributed by atoms with van der Waals surface area (Å²) in [5.74, 6) is -1.95. The van der Waals surface area contributed by atoms with Gasteiger partial charge in [0.05, 0.1) is 13.2 Å². The molecule has 0 atom stereocenters. The number of aromatic hydroxyl groups is 2. The molecule has 0 bridgehead atoms. The van der Waals surface area contributed by atoms with Crippen molar-refractivity contribution in [3.05, 3.63) is 23.8 Å². The summed E-state index contributed by atoms with van der Waals surface area (Å²) in [6, 6.07) is 3.98.